The summed E-state index contributed by atoms with van der Waals surface area (Å²) in [6.07, 6.45) is 0. The Hall–Kier alpha value is -0.980. The zero-order valence-electron chi connectivity index (χ0n) is 10.8. The predicted molar refractivity (Wildman–Crippen MR) is 79.8 cm³/mol. The molecular weight excluding hydrogens is 263 g/mol. The van der Waals surface area contributed by atoms with E-state index in [-0.39, 0.29) is 5.38 Å². The van der Waals surface area contributed by atoms with Crippen LogP contribution in [0.3, 0.4) is 0 Å². The average molecular weight is 279 g/mol. The first-order valence-corrected chi connectivity index (χ1v) is 6.78. The molecule has 94 valence electrons. The van der Waals surface area contributed by atoms with Crippen LogP contribution in [0, 0.1) is 20.8 Å². The molecule has 0 saturated heterocycles. The highest BCUT2D eigenvalue weighted by molar-refractivity contribution is 6.33. The second-order valence-corrected chi connectivity index (χ2v) is 5.52. The number of benzene rings is 2. The SMILES string of the molecule is Cc1cc(Cl)c(C(Cl)c2ccccc2C)cc1C. The molecule has 0 aliphatic heterocycles. The smallest absolute Gasteiger partial charge is 0.0852 e. The second-order valence-electron chi connectivity index (χ2n) is 4.68. The molecule has 2 heteroatoms. The van der Waals surface area contributed by atoms with Crippen LogP contribution in [0.4, 0.5) is 0 Å². The maximum atomic E-state index is 6.58. The van der Waals surface area contributed by atoms with E-state index in [0.717, 1.165) is 16.1 Å². The number of hydrogen-bond acceptors (Lipinski definition) is 0. The van der Waals surface area contributed by atoms with E-state index < -0.39 is 0 Å². The second kappa shape index (κ2) is 5.34. The lowest BCUT2D eigenvalue weighted by molar-refractivity contribution is 1.10. The third-order valence-corrected chi connectivity index (χ3v) is 4.15. The van der Waals surface area contributed by atoms with Crippen LogP contribution in [0.1, 0.15) is 33.2 Å². The largest absolute Gasteiger partial charge is 0.113 e. The monoisotopic (exact) mass is 278 g/mol. The molecular formula is C16H16Cl2. The van der Waals surface area contributed by atoms with Crippen molar-refractivity contribution in [2.24, 2.45) is 0 Å². The molecule has 0 fully saturated rings. The van der Waals surface area contributed by atoms with Crippen LogP contribution < -0.4 is 0 Å². The van der Waals surface area contributed by atoms with Crippen molar-refractivity contribution < 1.29 is 0 Å². The molecule has 0 aliphatic carbocycles. The number of hydrogen-bond donors (Lipinski definition) is 0. The van der Waals surface area contributed by atoms with Gasteiger partial charge in [-0.1, -0.05) is 41.9 Å². The van der Waals surface area contributed by atoms with E-state index in [1.165, 1.54) is 16.7 Å². The Kier molecular flexibility index (Phi) is 3.99. The van der Waals surface area contributed by atoms with Gasteiger partial charge in [0, 0.05) is 5.02 Å². The van der Waals surface area contributed by atoms with Gasteiger partial charge in [-0.15, -0.1) is 11.6 Å². The molecule has 1 atom stereocenters. The first-order chi connectivity index (χ1) is 8.50. The van der Waals surface area contributed by atoms with E-state index in [0.29, 0.717) is 0 Å². The van der Waals surface area contributed by atoms with Gasteiger partial charge in [0.1, 0.15) is 0 Å². The summed E-state index contributed by atoms with van der Waals surface area (Å²) < 4.78 is 0. The lowest BCUT2D eigenvalue weighted by Crippen LogP contribution is -1.98. The highest BCUT2D eigenvalue weighted by atomic mass is 35.5. The molecule has 1 unspecified atom stereocenters. The lowest BCUT2D eigenvalue weighted by atomic mass is 9.97. The summed E-state index contributed by atoms with van der Waals surface area (Å²) in [5, 5.41) is 0.541. The molecule has 0 nitrogen and oxygen atoms in total. The standard InChI is InChI=1S/C16H16Cl2/c1-10-6-4-5-7-13(10)16(18)14-8-11(2)12(3)9-15(14)17/h4-9,16H,1-3H3. The van der Waals surface area contributed by atoms with Gasteiger partial charge in [-0.3, -0.25) is 0 Å². The first-order valence-electron chi connectivity index (χ1n) is 5.97. The molecule has 2 aromatic carbocycles. The summed E-state index contributed by atoms with van der Waals surface area (Å²) in [4.78, 5) is 0. The molecule has 0 aliphatic rings. The van der Waals surface area contributed by atoms with Crippen LogP contribution in [0.2, 0.25) is 5.02 Å². The van der Waals surface area contributed by atoms with E-state index in [2.05, 4.69) is 39.0 Å². The van der Waals surface area contributed by atoms with Gasteiger partial charge >= 0.3 is 0 Å². The summed E-state index contributed by atoms with van der Waals surface area (Å²) >= 11 is 12.9. The molecule has 0 radical (unpaired) electrons. The van der Waals surface area contributed by atoms with Crippen LogP contribution >= 0.6 is 23.2 Å². The van der Waals surface area contributed by atoms with E-state index >= 15 is 0 Å². The summed E-state index contributed by atoms with van der Waals surface area (Å²) in [6.45, 7) is 6.21. The third-order valence-electron chi connectivity index (χ3n) is 3.35. The molecule has 0 spiro atoms. The molecule has 18 heavy (non-hydrogen) atoms. The van der Waals surface area contributed by atoms with Crippen molar-refractivity contribution >= 4 is 23.2 Å². The van der Waals surface area contributed by atoms with Crippen LogP contribution in [0.15, 0.2) is 36.4 Å². The van der Waals surface area contributed by atoms with Crippen LogP contribution in [0.5, 0.6) is 0 Å². The Labute approximate surface area is 119 Å². The van der Waals surface area contributed by atoms with Crippen molar-refractivity contribution in [3.63, 3.8) is 0 Å². The minimum Gasteiger partial charge on any atom is -0.113 e. The van der Waals surface area contributed by atoms with Gasteiger partial charge in [0.05, 0.1) is 5.38 Å². The Morgan fingerprint density at radius 3 is 2.11 bits per heavy atom. The van der Waals surface area contributed by atoms with Crippen molar-refractivity contribution in [3.8, 4) is 0 Å². The van der Waals surface area contributed by atoms with E-state index in [1.54, 1.807) is 0 Å². The summed E-state index contributed by atoms with van der Waals surface area (Å²) in [5.41, 5.74) is 5.69. The van der Waals surface area contributed by atoms with Crippen molar-refractivity contribution in [3.05, 3.63) is 69.2 Å². The number of alkyl halides is 1. The fourth-order valence-corrected chi connectivity index (χ4v) is 2.84. The highest BCUT2D eigenvalue weighted by Crippen LogP contribution is 2.36. The lowest BCUT2D eigenvalue weighted by Gasteiger charge is -2.16. The topological polar surface area (TPSA) is 0 Å². The Bertz CT molecular complexity index is 573. The van der Waals surface area contributed by atoms with Gasteiger partial charge in [0.25, 0.3) is 0 Å². The maximum absolute atomic E-state index is 6.58. The van der Waals surface area contributed by atoms with Crippen molar-refractivity contribution in [1.29, 1.82) is 0 Å². The summed E-state index contributed by atoms with van der Waals surface area (Å²) in [5.74, 6) is 0. The van der Waals surface area contributed by atoms with Crippen molar-refractivity contribution in [1.82, 2.24) is 0 Å². The minimum atomic E-state index is -0.196. The van der Waals surface area contributed by atoms with Gasteiger partial charge < -0.3 is 0 Å². The van der Waals surface area contributed by atoms with Gasteiger partial charge in [-0.05, 0) is 54.7 Å². The van der Waals surface area contributed by atoms with Crippen molar-refractivity contribution in [2.45, 2.75) is 26.1 Å². The van der Waals surface area contributed by atoms with Crippen LogP contribution in [-0.2, 0) is 0 Å². The zero-order chi connectivity index (χ0) is 13.3. The molecule has 0 amide bonds. The molecule has 0 saturated carbocycles. The number of aryl methyl sites for hydroxylation is 3. The molecule has 0 heterocycles. The fraction of sp³-hybridized carbons (Fsp3) is 0.250. The average Bonchev–Trinajstić information content (AvgIpc) is 2.33. The van der Waals surface area contributed by atoms with Gasteiger partial charge in [-0.25, -0.2) is 0 Å². The predicted octanol–water partition coefficient (Wildman–Crippen LogP) is 5.59. The quantitative estimate of drug-likeness (QED) is 0.628. The highest BCUT2D eigenvalue weighted by Gasteiger charge is 2.16. The maximum Gasteiger partial charge on any atom is 0.0852 e. The molecule has 0 aromatic heterocycles. The van der Waals surface area contributed by atoms with E-state index in [4.69, 9.17) is 23.2 Å². The summed E-state index contributed by atoms with van der Waals surface area (Å²) in [6, 6.07) is 12.2. The zero-order valence-corrected chi connectivity index (χ0v) is 12.3. The van der Waals surface area contributed by atoms with Gasteiger partial charge in [-0.2, -0.15) is 0 Å². The normalized spacial score (nSPS) is 12.5. The van der Waals surface area contributed by atoms with Crippen LogP contribution in [-0.4, -0.2) is 0 Å². The summed E-state index contributed by atoms with van der Waals surface area (Å²) in [7, 11) is 0. The molecule has 0 N–H and O–H groups in total. The van der Waals surface area contributed by atoms with Gasteiger partial charge in [0.2, 0.25) is 0 Å². The van der Waals surface area contributed by atoms with E-state index in [9.17, 15) is 0 Å². The number of halogens is 2. The van der Waals surface area contributed by atoms with E-state index in [1.807, 2.05) is 18.2 Å². The third kappa shape index (κ3) is 2.55. The number of rotatable bonds is 2. The first kappa shape index (κ1) is 13.5. The minimum absolute atomic E-state index is 0.196. The fourth-order valence-electron chi connectivity index (χ4n) is 2.04. The Morgan fingerprint density at radius 1 is 0.833 bits per heavy atom. The van der Waals surface area contributed by atoms with Gasteiger partial charge in [0.15, 0.2) is 0 Å². The molecule has 0 bridgehead atoms. The molecule has 2 aromatic rings. The molecule has 2 rings (SSSR count). The Balaban J connectivity index is 2.50. The Morgan fingerprint density at radius 2 is 1.44 bits per heavy atom. The van der Waals surface area contributed by atoms with Crippen LogP contribution in [0.25, 0.3) is 0 Å². The van der Waals surface area contributed by atoms with Crippen molar-refractivity contribution in [2.75, 3.05) is 0 Å².